The monoisotopic (exact) mass is 261 g/mol. The molecule has 0 spiro atoms. The average Bonchev–Trinajstić information content (AvgIpc) is 2.92. The number of nitrogens with two attached hydrogens (primary N) is 1. The predicted molar refractivity (Wildman–Crippen MR) is 83.3 cm³/mol. The van der Waals surface area contributed by atoms with Gasteiger partial charge < -0.3 is 10.6 Å². The number of para-hydroxylation sites is 1. The first-order valence-electron chi connectivity index (χ1n) is 6.84. The fourth-order valence-corrected chi connectivity index (χ4v) is 3.00. The van der Waals surface area contributed by atoms with Crippen molar-refractivity contribution in [3.63, 3.8) is 0 Å². The number of anilines is 3. The minimum absolute atomic E-state index is 0.634. The summed E-state index contributed by atoms with van der Waals surface area (Å²) >= 11 is 0. The van der Waals surface area contributed by atoms with Crippen LogP contribution in [-0.2, 0) is 6.42 Å². The van der Waals surface area contributed by atoms with Gasteiger partial charge in [0.25, 0.3) is 0 Å². The first-order valence-corrected chi connectivity index (χ1v) is 6.84. The van der Waals surface area contributed by atoms with Crippen molar-refractivity contribution in [3.05, 3.63) is 60.3 Å². The van der Waals surface area contributed by atoms with Gasteiger partial charge in [-0.3, -0.25) is 0 Å². The van der Waals surface area contributed by atoms with Crippen molar-refractivity contribution in [2.75, 3.05) is 17.2 Å². The van der Waals surface area contributed by atoms with E-state index in [1.807, 2.05) is 18.2 Å². The maximum absolute atomic E-state index is 6.08. The maximum Gasteiger partial charge on any atom is 0.131 e. The van der Waals surface area contributed by atoms with Gasteiger partial charge in [0.05, 0.1) is 11.4 Å². The number of hydrogen-bond donors (Lipinski definition) is 1. The van der Waals surface area contributed by atoms with Gasteiger partial charge in [0.15, 0.2) is 0 Å². The standard InChI is InChI=1S/C17H15N3/c18-17-14-9-5-4-8-13(14)16-15(19-17)10-11-20(16)12-6-2-1-3-7-12/h1-9H,10-11H2,(H2,18,19). The Morgan fingerprint density at radius 1 is 0.900 bits per heavy atom. The molecule has 0 amide bonds. The van der Waals surface area contributed by atoms with E-state index in [0.29, 0.717) is 5.82 Å². The quantitative estimate of drug-likeness (QED) is 0.729. The van der Waals surface area contributed by atoms with Crippen LogP contribution in [0.4, 0.5) is 17.2 Å². The van der Waals surface area contributed by atoms with Crippen LogP contribution in [-0.4, -0.2) is 11.5 Å². The molecule has 0 saturated heterocycles. The summed E-state index contributed by atoms with van der Waals surface area (Å²) in [4.78, 5) is 6.93. The van der Waals surface area contributed by atoms with Gasteiger partial charge in [-0.15, -0.1) is 0 Å². The van der Waals surface area contributed by atoms with Crippen molar-refractivity contribution < 1.29 is 0 Å². The molecule has 0 radical (unpaired) electrons. The number of hydrogen-bond acceptors (Lipinski definition) is 3. The Labute approximate surface area is 117 Å². The van der Waals surface area contributed by atoms with E-state index in [-0.39, 0.29) is 0 Å². The molecule has 3 nitrogen and oxygen atoms in total. The second-order valence-corrected chi connectivity index (χ2v) is 5.08. The van der Waals surface area contributed by atoms with Crippen LogP contribution >= 0.6 is 0 Å². The summed E-state index contributed by atoms with van der Waals surface area (Å²) in [5.41, 5.74) is 9.61. The van der Waals surface area contributed by atoms with Gasteiger partial charge in [-0.25, -0.2) is 4.98 Å². The van der Waals surface area contributed by atoms with Gasteiger partial charge in [0.2, 0.25) is 0 Å². The predicted octanol–water partition coefficient (Wildman–Crippen LogP) is 3.51. The Hall–Kier alpha value is -2.55. The highest BCUT2D eigenvalue weighted by molar-refractivity contribution is 6.02. The Bertz CT molecular complexity index is 781. The number of nitrogens with zero attached hydrogens (tertiary/aromatic N) is 2. The molecule has 2 heterocycles. The van der Waals surface area contributed by atoms with Gasteiger partial charge >= 0.3 is 0 Å². The third-order valence-electron chi connectivity index (χ3n) is 3.90. The molecule has 1 aromatic heterocycles. The number of pyridine rings is 1. The molecule has 0 fully saturated rings. The Morgan fingerprint density at radius 3 is 2.40 bits per heavy atom. The number of aromatic nitrogens is 1. The van der Waals surface area contributed by atoms with Crippen LogP contribution in [0.5, 0.6) is 0 Å². The summed E-state index contributed by atoms with van der Waals surface area (Å²) in [6, 6.07) is 18.7. The SMILES string of the molecule is Nc1nc2c(c3ccccc13)N(c1ccccc1)CC2. The molecule has 0 bridgehead atoms. The highest BCUT2D eigenvalue weighted by Gasteiger charge is 2.25. The molecule has 3 heteroatoms. The van der Waals surface area contributed by atoms with Crippen LogP contribution in [0.3, 0.4) is 0 Å². The highest BCUT2D eigenvalue weighted by atomic mass is 15.2. The Balaban J connectivity index is 1.99. The first-order chi connectivity index (χ1) is 9.84. The molecule has 0 aliphatic carbocycles. The van der Waals surface area contributed by atoms with Crippen LogP contribution in [0.1, 0.15) is 5.69 Å². The Morgan fingerprint density at radius 2 is 1.60 bits per heavy atom. The summed E-state index contributed by atoms with van der Waals surface area (Å²) in [6.45, 7) is 0.958. The van der Waals surface area contributed by atoms with E-state index < -0.39 is 0 Å². The van der Waals surface area contributed by atoms with Gasteiger partial charge in [-0.2, -0.15) is 0 Å². The van der Waals surface area contributed by atoms with Crippen molar-refractivity contribution in [2.24, 2.45) is 0 Å². The largest absolute Gasteiger partial charge is 0.383 e. The summed E-state index contributed by atoms with van der Waals surface area (Å²) in [5.74, 6) is 0.634. The number of fused-ring (bicyclic) bond motifs is 3. The zero-order valence-electron chi connectivity index (χ0n) is 11.1. The van der Waals surface area contributed by atoms with Crippen LogP contribution in [0, 0.1) is 0 Å². The summed E-state index contributed by atoms with van der Waals surface area (Å²) in [7, 11) is 0. The van der Waals surface area contributed by atoms with Gasteiger partial charge in [0.1, 0.15) is 5.82 Å². The summed E-state index contributed by atoms with van der Waals surface area (Å²) < 4.78 is 0. The Kier molecular flexibility index (Phi) is 2.39. The van der Waals surface area contributed by atoms with Gasteiger partial charge in [0, 0.05) is 29.4 Å². The number of rotatable bonds is 1. The molecule has 2 aromatic carbocycles. The fraction of sp³-hybridized carbons (Fsp3) is 0.118. The summed E-state index contributed by atoms with van der Waals surface area (Å²) in [5, 5.41) is 2.23. The van der Waals surface area contributed by atoms with Gasteiger partial charge in [-0.1, -0.05) is 42.5 Å². The van der Waals surface area contributed by atoms with E-state index in [9.17, 15) is 0 Å². The zero-order valence-corrected chi connectivity index (χ0v) is 11.1. The molecule has 4 rings (SSSR count). The van der Waals surface area contributed by atoms with Crippen LogP contribution in [0.2, 0.25) is 0 Å². The van der Waals surface area contributed by atoms with E-state index >= 15 is 0 Å². The lowest BCUT2D eigenvalue weighted by Crippen LogP contribution is -2.13. The third kappa shape index (κ3) is 1.56. The van der Waals surface area contributed by atoms with E-state index in [1.165, 1.54) is 16.8 Å². The van der Waals surface area contributed by atoms with E-state index in [2.05, 4.69) is 46.3 Å². The molecule has 1 aliphatic rings. The lowest BCUT2D eigenvalue weighted by molar-refractivity contribution is 0.979. The van der Waals surface area contributed by atoms with Crippen LogP contribution < -0.4 is 10.6 Å². The van der Waals surface area contributed by atoms with Crippen molar-refractivity contribution in [3.8, 4) is 0 Å². The maximum atomic E-state index is 6.08. The smallest absolute Gasteiger partial charge is 0.131 e. The second kappa shape index (κ2) is 4.23. The normalized spacial score (nSPS) is 13.7. The molecular formula is C17H15N3. The van der Waals surface area contributed by atoms with Crippen molar-refractivity contribution in [2.45, 2.75) is 6.42 Å². The van der Waals surface area contributed by atoms with Crippen molar-refractivity contribution in [1.82, 2.24) is 4.98 Å². The molecule has 20 heavy (non-hydrogen) atoms. The topological polar surface area (TPSA) is 42.1 Å². The van der Waals surface area contributed by atoms with E-state index in [1.54, 1.807) is 0 Å². The van der Waals surface area contributed by atoms with E-state index in [4.69, 9.17) is 5.73 Å². The molecule has 0 saturated carbocycles. The minimum Gasteiger partial charge on any atom is -0.383 e. The third-order valence-corrected chi connectivity index (χ3v) is 3.90. The van der Waals surface area contributed by atoms with Crippen LogP contribution in [0.15, 0.2) is 54.6 Å². The van der Waals surface area contributed by atoms with Crippen molar-refractivity contribution in [1.29, 1.82) is 0 Å². The molecule has 0 unspecified atom stereocenters. The van der Waals surface area contributed by atoms with E-state index in [0.717, 1.165) is 24.0 Å². The average molecular weight is 261 g/mol. The summed E-state index contributed by atoms with van der Waals surface area (Å²) in [6.07, 6.45) is 0.944. The minimum atomic E-state index is 0.634. The molecule has 2 N–H and O–H groups in total. The van der Waals surface area contributed by atoms with Crippen LogP contribution in [0.25, 0.3) is 10.8 Å². The molecular weight excluding hydrogens is 246 g/mol. The molecule has 3 aromatic rings. The molecule has 1 aliphatic heterocycles. The zero-order chi connectivity index (χ0) is 13.5. The highest BCUT2D eigenvalue weighted by Crippen LogP contribution is 2.40. The van der Waals surface area contributed by atoms with Gasteiger partial charge in [-0.05, 0) is 12.1 Å². The molecule has 0 atom stereocenters. The lowest BCUT2D eigenvalue weighted by Gasteiger charge is -2.21. The first kappa shape index (κ1) is 11.3. The number of nitrogen functional groups attached to an aromatic ring is 1. The molecule has 98 valence electrons. The van der Waals surface area contributed by atoms with Crippen molar-refractivity contribution >= 4 is 28.0 Å². The number of benzene rings is 2. The second-order valence-electron chi connectivity index (χ2n) is 5.08. The lowest BCUT2D eigenvalue weighted by atomic mass is 10.1. The fourth-order valence-electron chi connectivity index (χ4n) is 3.00.